The van der Waals surface area contributed by atoms with Crippen molar-refractivity contribution in [3.05, 3.63) is 53.0 Å². The molecule has 3 N–H and O–H groups in total. The molecule has 29 heavy (non-hydrogen) atoms. The van der Waals surface area contributed by atoms with Crippen LogP contribution < -0.4 is 25.3 Å². The van der Waals surface area contributed by atoms with Crippen molar-refractivity contribution in [1.82, 2.24) is 4.98 Å². The molecule has 0 saturated heterocycles. The molecule has 8 nitrogen and oxygen atoms in total. The Labute approximate surface area is 171 Å². The van der Waals surface area contributed by atoms with Crippen molar-refractivity contribution < 1.29 is 23.8 Å². The zero-order valence-electron chi connectivity index (χ0n) is 16.0. The number of thiazole rings is 1. The highest BCUT2D eigenvalue weighted by molar-refractivity contribution is 7.13. The quantitative estimate of drug-likeness (QED) is 0.615. The highest BCUT2D eigenvalue weighted by Gasteiger charge is 2.17. The highest BCUT2D eigenvalue weighted by Crippen LogP contribution is 2.40. The standard InChI is InChI=1S/C20H19N3O5S/c1-26-15-8-13(9-16(27-2)17(15)28-3)22-19(25)14-10-29-20(23-14)12-6-4-11(5-7-12)18(21)24/h4-10H,1-3H3,(H2,21,24)(H,22,25). The first-order valence-electron chi connectivity index (χ1n) is 8.44. The van der Waals surface area contributed by atoms with Gasteiger partial charge in [-0.25, -0.2) is 4.98 Å². The van der Waals surface area contributed by atoms with Crippen molar-refractivity contribution in [2.75, 3.05) is 26.6 Å². The lowest BCUT2D eigenvalue weighted by Crippen LogP contribution is -2.12. The summed E-state index contributed by atoms with van der Waals surface area (Å²) in [4.78, 5) is 28.2. The number of rotatable bonds is 7. The van der Waals surface area contributed by atoms with E-state index in [-0.39, 0.29) is 11.6 Å². The topological polar surface area (TPSA) is 113 Å². The molecule has 150 valence electrons. The molecule has 2 aromatic carbocycles. The number of primary amides is 1. The Morgan fingerprint density at radius 3 is 2.14 bits per heavy atom. The third kappa shape index (κ3) is 4.30. The van der Waals surface area contributed by atoms with Crippen LogP contribution in [0.25, 0.3) is 10.6 Å². The van der Waals surface area contributed by atoms with Gasteiger partial charge < -0.3 is 25.3 Å². The zero-order valence-corrected chi connectivity index (χ0v) is 16.8. The lowest BCUT2D eigenvalue weighted by Gasteiger charge is -2.14. The van der Waals surface area contributed by atoms with E-state index in [1.165, 1.54) is 32.7 Å². The number of benzene rings is 2. The van der Waals surface area contributed by atoms with Crippen LogP contribution in [0.2, 0.25) is 0 Å². The summed E-state index contributed by atoms with van der Waals surface area (Å²) >= 11 is 1.32. The van der Waals surface area contributed by atoms with Crippen LogP contribution in [0.15, 0.2) is 41.8 Å². The van der Waals surface area contributed by atoms with Gasteiger partial charge in [0.15, 0.2) is 11.5 Å². The zero-order chi connectivity index (χ0) is 21.0. The molecule has 3 aromatic rings. The summed E-state index contributed by atoms with van der Waals surface area (Å²) < 4.78 is 15.9. The first kappa shape index (κ1) is 20.2. The number of carbonyl (C=O) groups is 2. The second-order valence-corrected chi connectivity index (χ2v) is 6.71. The van der Waals surface area contributed by atoms with Crippen LogP contribution in [0, 0.1) is 0 Å². The van der Waals surface area contributed by atoms with Crippen molar-refractivity contribution >= 4 is 28.8 Å². The van der Waals surface area contributed by atoms with Crippen LogP contribution in [0.1, 0.15) is 20.8 Å². The molecular weight excluding hydrogens is 394 g/mol. The number of nitrogens with one attached hydrogen (secondary N) is 1. The number of hydrogen-bond donors (Lipinski definition) is 2. The molecule has 0 aliphatic heterocycles. The molecular formula is C20H19N3O5S. The Kier molecular flexibility index (Phi) is 5.99. The van der Waals surface area contributed by atoms with Gasteiger partial charge in [-0.1, -0.05) is 12.1 Å². The van der Waals surface area contributed by atoms with Gasteiger partial charge in [-0.15, -0.1) is 11.3 Å². The van der Waals surface area contributed by atoms with E-state index in [0.717, 1.165) is 5.56 Å². The van der Waals surface area contributed by atoms with E-state index in [4.69, 9.17) is 19.9 Å². The smallest absolute Gasteiger partial charge is 0.275 e. The van der Waals surface area contributed by atoms with Gasteiger partial charge in [0, 0.05) is 34.3 Å². The van der Waals surface area contributed by atoms with Gasteiger partial charge in [0.25, 0.3) is 5.91 Å². The van der Waals surface area contributed by atoms with Crippen molar-refractivity contribution in [2.24, 2.45) is 5.73 Å². The number of ether oxygens (including phenoxy) is 3. The molecule has 2 amide bonds. The van der Waals surface area contributed by atoms with Crippen LogP contribution in [0.5, 0.6) is 17.2 Å². The minimum absolute atomic E-state index is 0.262. The number of amides is 2. The summed E-state index contributed by atoms with van der Waals surface area (Å²) in [7, 11) is 4.50. The van der Waals surface area contributed by atoms with E-state index in [0.29, 0.717) is 33.5 Å². The Morgan fingerprint density at radius 2 is 1.62 bits per heavy atom. The molecule has 0 saturated carbocycles. The SMILES string of the molecule is COc1cc(NC(=O)c2csc(-c3ccc(C(N)=O)cc3)n2)cc(OC)c1OC. The van der Waals surface area contributed by atoms with Crippen molar-refractivity contribution in [3.63, 3.8) is 0 Å². The number of carbonyl (C=O) groups excluding carboxylic acids is 2. The van der Waals surface area contributed by atoms with Gasteiger partial charge in [0.2, 0.25) is 11.7 Å². The van der Waals surface area contributed by atoms with Gasteiger partial charge >= 0.3 is 0 Å². The third-order valence-electron chi connectivity index (χ3n) is 4.08. The number of methoxy groups -OCH3 is 3. The second-order valence-electron chi connectivity index (χ2n) is 5.85. The van der Waals surface area contributed by atoms with Crippen molar-refractivity contribution in [3.8, 4) is 27.8 Å². The normalized spacial score (nSPS) is 10.3. The van der Waals surface area contributed by atoms with Crippen molar-refractivity contribution in [2.45, 2.75) is 0 Å². The molecule has 0 bridgehead atoms. The average molecular weight is 413 g/mol. The molecule has 0 unspecified atom stereocenters. The maximum absolute atomic E-state index is 12.6. The van der Waals surface area contributed by atoms with E-state index in [9.17, 15) is 9.59 Å². The van der Waals surface area contributed by atoms with Crippen LogP contribution in [-0.4, -0.2) is 38.1 Å². The highest BCUT2D eigenvalue weighted by atomic mass is 32.1. The minimum atomic E-state index is -0.499. The lowest BCUT2D eigenvalue weighted by molar-refractivity contribution is 0.0997. The van der Waals surface area contributed by atoms with Crippen LogP contribution in [0.4, 0.5) is 5.69 Å². The molecule has 1 aromatic heterocycles. The monoisotopic (exact) mass is 413 g/mol. The number of hydrogen-bond acceptors (Lipinski definition) is 7. The predicted octanol–water partition coefficient (Wildman–Crippen LogP) is 3.19. The van der Waals surface area contributed by atoms with Crippen LogP contribution in [-0.2, 0) is 0 Å². The molecule has 0 radical (unpaired) electrons. The number of anilines is 1. The van der Waals surface area contributed by atoms with E-state index in [1.807, 2.05) is 0 Å². The first-order valence-corrected chi connectivity index (χ1v) is 9.32. The summed E-state index contributed by atoms with van der Waals surface area (Å²) in [6.45, 7) is 0. The molecule has 9 heteroatoms. The van der Waals surface area contributed by atoms with Crippen LogP contribution >= 0.6 is 11.3 Å². The predicted molar refractivity (Wildman–Crippen MR) is 110 cm³/mol. The average Bonchev–Trinajstić information content (AvgIpc) is 3.23. The fourth-order valence-electron chi connectivity index (χ4n) is 2.64. The van der Waals surface area contributed by atoms with Gasteiger partial charge in [-0.05, 0) is 12.1 Å². The van der Waals surface area contributed by atoms with Crippen molar-refractivity contribution in [1.29, 1.82) is 0 Å². The summed E-state index contributed by atoms with van der Waals surface area (Å²) in [6.07, 6.45) is 0. The lowest BCUT2D eigenvalue weighted by atomic mass is 10.1. The Hall–Kier alpha value is -3.59. The number of aromatic nitrogens is 1. The van der Waals surface area contributed by atoms with Crippen LogP contribution in [0.3, 0.4) is 0 Å². The number of nitrogens with two attached hydrogens (primary N) is 1. The number of nitrogens with zero attached hydrogens (tertiary/aromatic N) is 1. The molecule has 3 rings (SSSR count). The van der Waals surface area contributed by atoms with E-state index >= 15 is 0 Å². The summed E-state index contributed by atoms with van der Waals surface area (Å²) in [5.41, 5.74) is 7.18. The summed E-state index contributed by atoms with van der Waals surface area (Å²) in [5, 5.41) is 5.08. The van der Waals surface area contributed by atoms with E-state index in [1.54, 1.807) is 41.8 Å². The molecule has 0 aliphatic rings. The minimum Gasteiger partial charge on any atom is -0.493 e. The molecule has 0 fully saturated rings. The maximum atomic E-state index is 12.6. The molecule has 0 aliphatic carbocycles. The molecule has 0 atom stereocenters. The van der Waals surface area contributed by atoms with E-state index in [2.05, 4.69) is 10.3 Å². The third-order valence-corrected chi connectivity index (χ3v) is 4.97. The van der Waals surface area contributed by atoms with Gasteiger partial charge in [0.05, 0.1) is 21.3 Å². The summed E-state index contributed by atoms with van der Waals surface area (Å²) in [6, 6.07) is 9.98. The summed E-state index contributed by atoms with van der Waals surface area (Å²) in [5.74, 6) is 0.409. The fourth-order valence-corrected chi connectivity index (χ4v) is 3.44. The first-order chi connectivity index (χ1) is 14.0. The second kappa shape index (κ2) is 8.61. The fraction of sp³-hybridized carbons (Fsp3) is 0.150. The Balaban J connectivity index is 1.81. The molecule has 0 spiro atoms. The van der Waals surface area contributed by atoms with Gasteiger partial charge in [-0.3, -0.25) is 9.59 Å². The largest absolute Gasteiger partial charge is 0.493 e. The van der Waals surface area contributed by atoms with Gasteiger partial charge in [-0.2, -0.15) is 0 Å². The Morgan fingerprint density at radius 1 is 1.00 bits per heavy atom. The van der Waals surface area contributed by atoms with Gasteiger partial charge in [0.1, 0.15) is 10.7 Å². The molecule has 1 heterocycles. The Bertz CT molecular complexity index is 1020. The maximum Gasteiger partial charge on any atom is 0.275 e. The van der Waals surface area contributed by atoms with E-state index < -0.39 is 5.91 Å².